The molecule has 4 nitrogen and oxygen atoms in total. The van der Waals surface area contributed by atoms with E-state index in [0.717, 1.165) is 56.2 Å². The van der Waals surface area contributed by atoms with Gasteiger partial charge < -0.3 is 0 Å². The molecule has 0 unspecified atom stereocenters. The van der Waals surface area contributed by atoms with Crippen molar-refractivity contribution in [3.63, 3.8) is 0 Å². The van der Waals surface area contributed by atoms with Crippen molar-refractivity contribution < 1.29 is 0 Å². The molecule has 0 aliphatic heterocycles. The van der Waals surface area contributed by atoms with Gasteiger partial charge in [0.05, 0.1) is 22.1 Å². The number of hydrogen-bond donors (Lipinski definition) is 0. The van der Waals surface area contributed by atoms with Gasteiger partial charge in [-0.1, -0.05) is 185 Å². The highest BCUT2D eigenvalue weighted by molar-refractivity contribution is 6.20. The summed E-state index contributed by atoms with van der Waals surface area (Å²) >= 11 is 0. The Morgan fingerprint density at radius 2 is 0.743 bits per heavy atom. The number of aromatic nitrogens is 4. The monoisotopic (exact) mass is 946 g/mol. The van der Waals surface area contributed by atoms with E-state index >= 15 is 0 Å². The molecule has 0 saturated carbocycles. The van der Waals surface area contributed by atoms with Gasteiger partial charge >= 0.3 is 0 Å². The molecule has 0 N–H and O–H groups in total. The first-order valence-electron chi connectivity index (χ1n) is 25.8. The van der Waals surface area contributed by atoms with Crippen LogP contribution >= 0.6 is 0 Å². The summed E-state index contributed by atoms with van der Waals surface area (Å²) in [5.74, 6) is 1.87. The van der Waals surface area contributed by atoms with Crippen LogP contribution in [-0.4, -0.2) is 19.1 Å². The van der Waals surface area contributed by atoms with Crippen molar-refractivity contribution in [1.29, 1.82) is 0 Å². The molecule has 2 aromatic heterocycles. The quantitative estimate of drug-likeness (QED) is 0.156. The van der Waals surface area contributed by atoms with Crippen molar-refractivity contribution >= 4 is 43.6 Å². The van der Waals surface area contributed by atoms with Crippen LogP contribution in [0.1, 0.15) is 49.9 Å². The highest BCUT2D eigenvalue weighted by atomic mass is 15.1. The molecular weight excluding hydrogens is 897 g/mol. The number of benzene rings is 11. The normalized spacial score (nSPS) is 13.9. The van der Waals surface area contributed by atoms with Crippen LogP contribution < -0.4 is 0 Å². The smallest absolute Gasteiger partial charge is 0.145 e. The summed E-state index contributed by atoms with van der Waals surface area (Å²) in [6, 6.07) is 84.4. The van der Waals surface area contributed by atoms with Gasteiger partial charge in [0, 0.05) is 33.3 Å². The Balaban J connectivity index is 0.892. The second-order valence-electron chi connectivity index (χ2n) is 21.4. The first kappa shape index (κ1) is 42.6. The Morgan fingerprint density at radius 1 is 0.311 bits per heavy atom. The Morgan fingerprint density at radius 3 is 1.31 bits per heavy atom. The lowest BCUT2D eigenvalue weighted by Gasteiger charge is -2.25. The second kappa shape index (κ2) is 15.7. The molecule has 0 spiro atoms. The number of rotatable bonds is 6. The van der Waals surface area contributed by atoms with Crippen LogP contribution in [0.25, 0.3) is 122 Å². The molecule has 0 atom stereocenters. The van der Waals surface area contributed by atoms with E-state index in [2.05, 4.69) is 267 Å². The molecule has 13 aromatic rings. The van der Waals surface area contributed by atoms with Gasteiger partial charge in [-0.2, -0.15) is 0 Å². The standard InChI is InChI=1S/C70H50N4/c1-69(2)58-22-12-11-21-53(58)54-41-60-57(42-59(54)69)65-55-39-47(43-27-31-45(32-28-43)67-71-61-23-13-15-25-63(61)73(67)49-17-7-5-8-18-49)35-37-51(55)52-38-36-48(40-56(52)66(65)70(60,3)4)44-29-33-46(34-30-44)68-72-62-24-14-16-26-64(62)74(68)50-19-9-6-10-20-50/h5-42H,1-4H3. The van der Waals surface area contributed by atoms with Crippen molar-refractivity contribution in [2.45, 2.75) is 38.5 Å². The summed E-state index contributed by atoms with van der Waals surface area (Å²) < 4.78 is 4.55. The minimum Gasteiger partial charge on any atom is -0.292 e. The maximum atomic E-state index is 5.18. The molecule has 2 aliphatic rings. The minimum absolute atomic E-state index is 0.126. The fourth-order valence-corrected chi connectivity index (χ4v) is 12.9. The molecule has 0 saturated heterocycles. The molecule has 74 heavy (non-hydrogen) atoms. The van der Waals surface area contributed by atoms with E-state index in [1.165, 1.54) is 88.3 Å². The first-order chi connectivity index (χ1) is 36.2. The third-order valence-corrected chi connectivity index (χ3v) is 16.5. The maximum absolute atomic E-state index is 5.18. The third kappa shape index (κ3) is 6.15. The summed E-state index contributed by atoms with van der Waals surface area (Å²) in [5, 5.41) is 5.14. The summed E-state index contributed by atoms with van der Waals surface area (Å²) in [5.41, 5.74) is 23.8. The van der Waals surface area contributed by atoms with Crippen molar-refractivity contribution in [2.75, 3.05) is 0 Å². The van der Waals surface area contributed by atoms with Crippen molar-refractivity contribution in [1.82, 2.24) is 19.1 Å². The Kier molecular flexibility index (Phi) is 9.02. The van der Waals surface area contributed by atoms with Gasteiger partial charge in [0.2, 0.25) is 0 Å². The van der Waals surface area contributed by atoms with E-state index < -0.39 is 0 Å². The highest BCUT2D eigenvalue weighted by Crippen LogP contribution is 2.59. The molecule has 2 heterocycles. The first-order valence-corrected chi connectivity index (χ1v) is 25.8. The van der Waals surface area contributed by atoms with Crippen LogP contribution in [0.2, 0.25) is 0 Å². The predicted octanol–water partition coefficient (Wildman–Crippen LogP) is 18.0. The second-order valence-corrected chi connectivity index (χ2v) is 21.4. The molecular formula is C70H50N4. The fraction of sp³-hybridized carbons (Fsp3) is 0.0857. The molecule has 15 rings (SSSR count). The number of imidazole rings is 2. The molecule has 11 aromatic carbocycles. The number of para-hydroxylation sites is 6. The van der Waals surface area contributed by atoms with Crippen LogP contribution in [0.4, 0.5) is 0 Å². The lowest BCUT2D eigenvalue weighted by atomic mass is 9.77. The van der Waals surface area contributed by atoms with Gasteiger partial charge in [-0.25, -0.2) is 9.97 Å². The summed E-state index contributed by atoms with van der Waals surface area (Å²) in [6.45, 7) is 9.70. The van der Waals surface area contributed by atoms with Crippen molar-refractivity contribution in [2.24, 2.45) is 0 Å². The highest BCUT2D eigenvalue weighted by Gasteiger charge is 2.43. The summed E-state index contributed by atoms with van der Waals surface area (Å²) in [6.07, 6.45) is 0. The minimum atomic E-state index is -0.283. The molecule has 350 valence electrons. The largest absolute Gasteiger partial charge is 0.292 e. The van der Waals surface area contributed by atoms with Gasteiger partial charge in [-0.15, -0.1) is 0 Å². The zero-order valence-electron chi connectivity index (χ0n) is 41.7. The summed E-state index contributed by atoms with van der Waals surface area (Å²) in [7, 11) is 0. The molecule has 0 amide bonds. The zero-order valence-corrected chi connectivity index (χ0v) is 41.7. The van der Waals surface area contributed by atoms with Gasteiger partial charge in [-0.05, 0) is 161 Å². The zero-order chi connectivity index (χ0) is 49.5. The number of hydrogen-bond acceptors (Lipinski definition) is 2. The Labute approximate surface area is 430 Å². The summed E-state index contributed by atoms with van der Waals surface area (Å²) in [4.78, 5) is 10.3. The van der Waals surface area contributed by atoms with E-state index in [1.54, 1.807) is 0 Å². The Bertz CT molecular complexity index is 4440. The van der Waals surface area contributed by atoms with Gasteiger partial charge in [0.25, 0.3) is 0 Å². The molecule has 0 bridgehead atoms. The molecule has 2 aliphatic carbocycles. The fourth-order valence-electron chi connectivity index (χ4n) is 12.9. The SMILES string of the molecule is CC1(C)c2ccccc2-c2cc3c(cc21)-c1c(c2cc(-c4ccc(-c5nc6ccccc6n5-c5ccccc5)cc4)ccc2c2ccc(-c4ccc(-c5nc6ccccc6n5-c5ccccc5)cc4)cc12)C3(C)C. The lowest BCUT2D eigenvalue weighted by molar-refractivity contribution is 0.654. The molecule has 4 heteroatoms. The van der Waals surface area contributed by atoms with Gasteiger partial charge in [0.1, 0.15) is 11.6 Å². The molecule has 0 radical (unpaired) electrons. The third-order valence-electron chi connectivity index (χ3n) is 16.5. The van der Waals surface area contributed by atoms with E-state index in [9.17, 15) is 0 Å². The van der Waals surface area contributed by atoms with Crippen LogP contribution in [0.5, 0.6) is 0 Å². The average Bonchev–Trinajstić information content (AvgIpc) is 4.26. The maximum Gasteiger partial charge on any atom is 0.145 e. The van der Waals surface area contributed by atoms with Crippen LogP contribution in [0.15, 0.2) is 231 Å². The van der Waals surface area contributed by atoms with Crippen LogP contribution in [0.3, 0.4) is 0 Å². The topological polar surface area (TPSA) is 35.6 Å². The van der Waals surface area contributed by atoms with Gasteiger partial charge in [-0.3, -0.25) is 9.13 Å². The van der Waals surface area contributed by atoms with Crippen molar-refractivity contribution in [3.05, 3.63) is 253 Å². The molecule has 0 fully saturated rings. The van der Waals surface area contributed by atoms with Gasteiger partial charge in [0.15, 0.2) is 0 Å². The number of nitrogens with zero attached hydrogens (tertiary/aromatic N) is 4. The van der Waals surface area contributed by atoms with E-state index in [0.29, 0.717) is 0 Å². The van der Waals surface area contributed by atoms with E-state index in [-0.39, 0.29) is 10.8 Å². The van der Waals surface area contributed by atoms with E-state index in [4.69, 9.17) is 9.97 Å². The van der Waals surface area contributed by atoms with E-state index in [1.807, 2.05) is 0 Å². The van der Waals surface area contributed by atoms with Crippen molar-refractivity contribution in [3.8, 4) is 78.7 Å². The predicted molar refractivity (Wildman–Crippen MR) is 308 cm³/mol. The number of fused-ring (bicyclic) bond motifs is 13. The van der Waals surface area contributed by atoms with Crippen LogP contribution in [-0.2, 0) is 10.8 Å². The average molecular weight is 947 g/mol. The lowest BCUT2D eigenvalue weighted by Crippen LogP contribution is -2.17. The Hall–Kier alpha value is -9.12. The van der Waals surface area contributed by atoms with Crippen LogP contribution in [0, 0.1) is 0 Å².